The van der Waals surface area contributed by atoms with E-state index < -0.39 is 0 Å². The van der Waals surface area contributed by atoms with Gasteiger partial charge >= 0.3 is 0 Å². The number of ketones is 1. The van der Waals surface area contributed by atoms with Crippen molar-refractivity contribution in [1.29, 1.82) is 0 Å². The number of thiophene rings is 1. The summed E-state index contributed by atoms with van der Waals surface area (Å²) < 4.78 is 0. The van der Waals surface area contributed by atoms with Crippen molar-refractivity contribution in [3.8, 4) is 5.75 Å². The van der Waals surface area contributed by atoms with Gasteiger partial charge in [-0.1, -0.05) is 41.0 Å². The molecule has 2 N–H and O–H groups in total. The molecule has 26 heavy (non-hydrogen) atoms. The molecule has 7 heteroatoms. The summed E-state index contributed by atoms with van der Waals surface area (Å²) in [5, 5.41) is 16.5. The Morgan fingerprint density at radius 3 is 2.58 bits per heavy atom. The van der Waals surface area contributed by atoms with Crippen molar-refractivity contribution in [3.63, 3.8) is 0 Å². The summed E-state index contributed by atoms with van der Waals surface area (Å²) in [4.78, 5) is 15.0. The van der Waals surface area contributed by atoms with Gasteiger partial charge in [-0.15, -0.1) is 11.3 Å². The molecular formula is C19H11Cl2NO2S2. The van der Waals surface area contributed by atoms with Crippen molar-refractivity contribution in [2.45, 2.75) is 4.90 Å². The number of carbonyl (C=O) groups excluding carboxylic acids is 1. The molecule has 130 valence electrons. The Morgan fingerprint density at radius 1 is 1.04 bits per heavy atom. The third kappa shape index (κ3) is 3.23. The standard InChI is InChI=1S/C19H11Cl2NO2S2/c20-10-4-6-14(23)12(8-10)17-19(18(24)15-2-1-7-25-15)26-16-9-11(21)3-5-13(16)22-17/h1-9,22-23H. The number of Topliss-reactive ketones (excluding diaryl/α,β-unsaturated/α-hetero) is 1. The number of anilines is 1. The normalized spacial score (nSPS) is 13.3. The molecule has 0 aliphatic carbocycles. The molecule has 1 aliphatic heterocycles. The molecular weight excluding hydrogens is 409 g/mol. The van der Waals surface area contributed by atoms with E-state index in [0.717, 1.165) is 10.6 Å². The van der Waals surface area contributed by atoms with E-state index in [9.17, 15) is 9.90 Å². The van der Waals surface area contributed by atoms with Crippen molar-refractivity contribution in [1.82, 2.24) is 0 Å². The number of allylic oxidation sites excluding steroid dienone is 1. The molecule has 0 unspecified atom stereocenters. The van der Waals surface area contributed by atoms with Gasteiger partial charge in [0.15, 0.2) is 0 Å². The number of thioether (sulfide) groups is 1. The van der Waals surface area contributed by atoms with Crippen LogP contribution >= 0.6 is 46.3 Å². The van der Waals surface area contributed by atoms with Gasteiger partial charge in [-0.25, -0.2) is 0 Å². The van der Waals surface area contributed by atoms with E-state index in [1.807, 2.05) is 23.6 Å². The maximum absolute atomic E-state index is 13.1. The number of nitrogens with one attached hydrogen (secondary N) is 1. The number of hydrogen-bond acceptors (Lipinski definition) is 5. The maximum Gasteiger partial charge on any atom is 0.211 e. The van der Waals surface area contributed by atoms with Crippen LogP contribution in [0.5, 0.6) is 5.75 Å². The first-order valence-electron chi connectivity index (χ1n) is 7.59. The lowest BCUT2D eigenvalue weighted by molar-refractivity contribution is 0.104. The van der Waals surface area contributed by atoms with Gasteiger partial charge in [-0.05, 0) is 47.8 Å². The van der Waals surface area contributed by atoms with E-state index in [4.69, 9.17) is 23.2 Å². The third-order valence-electron chi connectivity index (χ3n) is 3.82. The summed E-state index contributed by atoms with van der Waals surface area (Å²) in [6, 6.07) is 13.8. The molecule has 0 atom stereocenters. The molecule has 3 nitrogen and oxygen atoms in total. The minimum absolute atomic E-state index is 0.0476. The van der Waals surface area contributed by atoms with Gasteiger partial charge in [-0.2, -0.15) is 0 Å². The van der Waals surface area contributed by atoms with Crippen LogP contribution in [0, 0.1) is 0 Å². The Hall–Kier alpha value is -1.92. The second-order valence-corrected chi connectivity index (χ2v) is 8.41. The molecule has 0 saturated carbocycles. The highest BCUT2D eigenvalue weighted by molar-refractivity contribution is 8.04. The van der Waals surface area contributed by atoms with Crippen molar-refractivity contribution in [2.24, 2.45) is 0 Å². The van der Waals surface area contributed by atoms with Gasteiger partial charge in [0.05, 0.1) is 21.2 Å². The van der Waals surface area contributed by atoms with Crippen LogP contribution in [0.1, 0.15) is 15.2 Å². The molecule has 4 rings (SSSR count). The van der Waals surface area contributed by atoms with Crippen LogP contribution in [0.15, 0.2) is 63.7 Å². The number of hydrogen-bond donors (Lipinski definition) is 2. The first-order chi connectivity index (χ1) is 12.5. The van der Waals surface area contributed by atoms with E-state index in [1.165, 1.54) is 29.2 Å². The lowest BCUT2D eigenvalue weighted by Crippen LogP contribution is -2.12. The Balaban J connectivity index is 1.90. The summed E-state index contributed by atoms with van der Waals surface area (Å²) in [6.45, 7) is 0. The molecule has 2 heterocycles. The molecule has 0 saturated heterocycles. The predicted octanol–water partition coefficient (Wildman–Crippen LogP) is 6.53. The van der Waals surface area contributed by atoms with Crippen LogP contribution in [0.4, 0.5) is 5.69 Å². The molecule has 1 aromatic heterocycles. The fraction of sp³-hybridized carbons (Fsp3) is 0. The van der Waals surface area contributed by atoms with Gasteiger partial charge < -0.3 is 10.4 Å². The average molecular weight is 420 g/mol. The van der Waals surface area contributed by atoms with Gasteiger partial charge in [0, 0.05) is 20.5 Å². The van der Waals surface area contributed by atoms with Crippen LogP contribution in [-0.2, 0) is 0 Å². The maximum atomic E-state index is 13.1. The fourth-order valence-corrected chi connectivity index (χ4v) is 4.86. The van der Waals surface area contributed by atoms with Crippen LogP contribution in [0.25, 0.3) is 5.70 Å². The lowest BCUT2D eigenvalue weighted by Gasteiger charge is -2.24. The number of fused-ring (bicyclic) bond motifs is 1. The zero-order valence-corrected chi connectivity index (χ0v) is 16.3. The zero-order valence-electron chi connectivity index (χ0n) is 13.1. The molecule has 0 spiro atoms. The van der Waals surface area contributed by atoms with Crippen LogP contribution in [0.3, 0.4) is 0 Å². The van der Waals surface area contributed by atoms with Crippen LogP contribution < -0.4 is 5.32 Å². The largest absolute Gasteiger partial charge is 0.507 e. The number of phenolic OH excluding ortho intramolecular Hbond substituents is 1. The summed E-state index contributed by atoms with van der Waals surface area (Å²) in [7, 11) is 0. The molecule has 0 radical (unpaired) electrons. The fourth-order valence-electron chi connectivity index (χ4n) is 2.61. The average Bonchev–Trinajstić information content (AvgIpc) is 3.17. The van der Waals surface area contributed by atoms with E-state index in [0.29, 0.717) is 31.1 Å². The third-order valence-corrected chi connectivity index (χ3v) is 6.31. The Labute approximate surface area is 168 Å². The number of phenols is 1. The molecule has 0 fully saturated rings. The van der Waals surface area contributed by atoms with Crippen molar-refractivity contribution < 1.29 is 9.90 Å². The van der Waals surface area contributed by atoms with E-state index in [-0.39, 0.29) is 11.5 Å². The molecule has 0 bridgehead atoms. The smallest absolute Gasteiger partial charge is 0.211 e. The summed E-state index contributed by atoms with van der Waals surface area (Å²) >= 11 is 14.9. The summed E-state index contributed by atoms with van der Waals surface area (Å²) in [5.41, 5.74) is 1.82. The number of aromatic hydroxyl groups is 1. The Morgan fingerprint density at radius 2 is 1.81 bits per heavy atom. The van der Waals surface area contributed by atoms with Gasteiger partial charge in [0.2, 0.25) is 5.78 Å². The van der Waals surface area contributed by atoms with Crippen molar-refractivity contribution in [3.05, 3.63) is 79.3 Å². The Kier molecular flexibility index (Phi) is 4.71. The molecule has 2 aromatic carbocycles. The number of benzene rings is 2. The van der Waals surface area contributed by atoms with E-state index in [2.05, 4.69) is 5.32 Å². The molecule has 3 aromatic rings. The topological polar surface area (TPSA) is 49.3 Å². The quantitative estimate of drug-likeness (QED) is 0.473. The lowest BCUT2D eigenvalue weighted by atomic mass is 10.1. The highest BCUT2D eigenvalue weighted by Crippen LogP contribution is 2.46. The second kappa shape index (κ2) is 7.00. The number of halogens is 2. The molecule has 0 amide bonds. The van der Waals surface area contributed by atoms with Crippen molar-refractivity contribution in [2.75, 3.05) is 5.32 Å². The van der Waals surface area contributed by atoms with Gasteiger partial charge in [0.1, 0.15) is 5.75 Å². The monoisotopic (exact) mass is 419 g/mol. The van der Waals surface area contributed by atoms with Crippen LogP contribution in [-0.4, -0.2) is 10.9 Å². The van der Waals surface area contributed by atoms with Gasteiger partial charge in [-0.3, -0.25) is 4.79 Å². The van der Waals surface area contributed by atoms with Crippen molar-refractivity contribution >= 4 is 63.5 Å². The first kappa shape index (κ1) is 17.5. The molecule has 1 aliphatic rings. The van der Waals surface area contributed by atoms with Crippen LogP contribution in [0.2, 0.25) is 10.0 Å². The zero-order chi connectivity index (χ0) is 18.3. The minimum Gasteiger partial charge on any atom is -0.507 e. The summed E-state index contributed by atoms with van der Waals surface area (Å²) in [5.74, 6) is -0.0658. The minimum atomic E-state index is -0.113. The highest BCUT2D eigenvalue weighted by Gasteiger charge is 2.27. The SMILES string of the molecule is O=C(C1=C(c2cc(Cl)ccc2O)Nc2ccc(Cl)cc2S1)c1cccs1. The Bertz CT molecular complexity index is 1050. The second-order valence-electron chi connectivity index (χ2n) is 5.54. The summed E-state index contributed by atoms with van der Waals surface area (Å²) in [6.07, 6.45) is 0. The predicted molar refractivity (Wildman–Crippen MR) is 110 cm³/mol. The van der Waals surface area contributed by atoms with E-state index >= 15 is 0 Å². The number of carbonyl (C=O) groups is 1. The number of rotatable bonds is 3. The van der Waals surface area contributed by atoms with Gasteiger partial charge in [0.25, 0.3) is 0 Å². The first-order valence-corrected chi connectivity index (χ1v) is 10.0. The van der Waals surface area contributed by atoms with E-state index in [1.54, 1.807) is 24.3 Å². The highest BCUT2D eigenvalue weighted by atomic mass is 35.5.